The molecule has 0 heterocycles. The average molecular weight is 202 g/mol. The lowest BCUT2D eigenvalue weighted by atomic mass is 10.0. The van der Waals surface area contributed by atoms with Gasteiger partial charge in [-0.05, 0) is 45.8 Å². The van der Waals surface area contributed by atoms with Gasteiger partial charge in [-0.2, -0.15) is 5.26 Å². The molecular weight excluding hydrogens is 194 g/mol. The third-order valence-electron chi connectivity index (χ3n) is 2.72. The summed E-state index contributed by atoms with van der Waals surface area (Å²) in [5.41, 5.74) is 0.680. The minimum Gasteiger partial charge on any atom is -0.192 e. The van der Waals surface area contributed by atoms with E-state index >= 15 is 0 Å². The zero-order valence-corrected chi connectivity index (χ0v) is 8.57. The first-order valence-electron chi connectivity index (χ1n) is 5.12. The lowest BCUT2D eigenvalue weighted by Crippen LogP contribution is -1.79. The Bertz CT molecular complexity index is 720. The number of nitriles is 1. The minimum absolute atomic E-state index is 0.680. The van der Waals surface area contributed by atoms with Crippen LogP contribution in [0.3, 0.4) is 0 Å². The SMILES string of the molecule is N#Cc1ccc2cc3ccccc3[c]c2c1. The van der Waals surface area contributed by atoms with Gasteiger partial charge in [0.2, 0.25) is 0 Å². The number of hydrogen-bond donors (Lipinski definition) is 0. The maximum Gasteiger partial charge on any atom is 0.0991 e. The largest absolute Gasteiger partial charge is 0.192 e. The molecular formula is C15H8N. The molecule has 0 spiro atoms. The summed E-state index contributed by atoms with van der Waals surface area (Å²) in [6, 6.07) is 21.4. The fourth-order valence-corrected chi connectivity index (χ4v) is 1.91. The number of hydrogen-bond acceptors (Lipinski definition) is 1. The number of nitrogens with zero attached hydrogens (tertiary/aromatic N) is 1. The van der Waals surface area contributed by atoms with Crippen molar-refractivity contribution in [1.82, 2.24) is 0 Å². The van der Waals surface area contributed by atoms with Crippen molar-refractivity contribution in [3.05, 3.63) is 60.2 Å². The van der Waals surface area contributed by atoms with E-state index in [1.165, 1.54) is 5.39 Å². The summed E-state index contributed by atoms with van der Waals surface area (Å²) < 4.78 is 0. The van der Waals surface area contributed by atoms with Gasteiger partial charge < -0.3 is 0 Å². The van der Waals surface area contributed by atoms with Gasteiger partial charge in [0.1, 0.15) is 0 Å². The normalized spacial score (nSPS) is 10.4. The highest BCUT2D eigenvalue weighted by molar-refractivity contribution is 5.97. The van der Waals surface area contributed by atoms with E-state index in [9.17, 15) is 0 Å². The highest BCUT2D eigenvalue weighted by Crippen LogP contribution is 2.22. The molecule has 3 aromatic carbocycles. The predicted octanol–water partition coefficient (Wildman–Crippen LogP) is 3.66. The monoisotopic (exact) mass is 202 g/mol. The minimum atomic E-state index is 0.680. The molecule has 0 unspecified atom stereocenters. The van der Waals surface area contributed by atoms with E-state index in [2.05, 4.69) is 24.3 Å². The van der Waals surface area contributed by atoms with Crippen molar-refractivity contribution in [3.8, 4) is 6.07 Å². The molecule has 0 amide bonds. The van der Waals surface area contributed by atoms with E-state index in [0.29, 0.717) is 5.56 Å². The highest BCUT2D eigenvalue weighted by Gasteiger charge is 1.99. The van der Waals surface area contributed by atoms with Crippen molar-refractivity contribution in [2.24, 2.45) is 0 Å². The predicted molar refractivity (Wildman–Crippen MR) is 65.0 cm³/mol. The van der Waals surface area contributed by atoms with Crippen LogP contribution in [0.15, 0.2) is 48.5 Å². The molecule has 0 aliphatic rings. The molecule has 0 saturated carbocycles. The van der Waals surface area contributed by atoms with Crippen LogP contribution in [0.25, 0.3) is 21.5 Å². The zero-order valence-electron chi connectivity index (χ0n) is 8.57. The third-order valence-corrected chi connectivity index (χ3v) is 2.72. The van der Waals surface area contributed by atoms with Crippen molar-refractivity contribution in [1.29, 1.82) is 5.26 Å². The van der Waals surface area contributed by atoms with Gasteiger partial charge in [0.15, 0.2) is 0 Å². The molecule has 0 fully saturated rings. The van der Waals surface area contributed by atoms with E-state index in [1.807, 2.05) is 36.4 Å². The molecule has 0 aliphatic carbocycles. The van der Waals surface area contributed by atoms with Gasteiger partial charge >= 0.3 is 0 Å². The maximum absolute atomic E-state index is 8.85. The van der Waals surface area contributed by atoms with Crippen LogP contribution in [0.5, 0.6) is 0 Å². The molecule has 3 aromatic rings. The topological polar surface area (TPSA) is 23.8 Å². The molecule has 3 rings (SSSR count). The van der Waals surface area contributed by atoms with Gasteiger partial charge in [-0.3, -0.25) is 0 Å². The van der Waals surface area contributed by atoms with Gasteiger partial charge in [0.25, 0.3) is 0 Å². The Hall–Kier alpha value is -2.33. The molecule has 0 N–H and O–H groups in total. The van der Waals surface area contributed by atoms with Crippen LogP contribution in [0.4, 0.5) is 0 Å². The summed E-state index contributed by atoms with van der Waals surface area (Å²) in [6.07, 6.45) is 0. The zero-order chi connectivity index (χ0) is 11.0. The van der Waals surface area contributed by atoms with Crippen molar-refractivity contribution in [2.75, 3.05) is 0 Å². The summed E-state index contributed by atoms with van der Waals surface area (Å²) in [6.45, 7) is 0. The molecule has 73 valence electrons. The first kappa shape index (κ1) is 8.94. The standard InChI is InChI=1S/C15H8N/c16-10-11-5-6-14-8-12-3-1-2-4-13(12)9-15(14)7-11/h1-8H. The highest BCUT2D eigenvalue weighted by atomic mass is 14.2. The van der Waals surface area contributed by atoms with Crippen molar-refractivity contribution >= 4 is 21.5 Å². The van der Waals surface area contributed by atoms with Crippen LogP contribution in [-0.2, 0) is 0 Å². The second-order valence-electron chi connectivity index (χ2n) is 3.77. The van der Waals surface area contributed by atoms with Crippen molar-refractivity contribution < 1.29 is 0 Å². The Morgan fingerprint density at radius 1 is 0.875 bits per heavy atom. The molecule has 1 radical (unpaired) electrons. The lowest BCUT2D eigenvalue weighted by molar-refractivity contribution is 1.50. The molecule has 1 heteroatoms. The fraction of sp³-hybridized carbons (Fsp3) is 0. The van der Waals surface area contributed by atoms with E-state index in [0.717, 1.165) is 16.2 Å². The first-order valence-corrected chi connectivity index (χ1v) is 5.12. The van der Waals surface area contributed by atoms with E-state index in [1.54, 1.807) is 0 Å². The van der Waals surface area contributed by atoms with Gasteiger partial charge in [-0.25, -0.2) is 0 Å². The van der Waals surface area contributed by atoms with E-state index in [4.69, 9.17) is 5.26 Å². The number of benzene rings is 3. The summed E-state index contributed by atoms with van der Waals surface area (Å²) in [7, 11) is 0. The molecule has 0 aromatic heterocycles. The third kappa shape index (κ3) is 1.32. The molecule has 0 aliphatic heterocycles. The first-order chi connectivity index (χ1) is 7.86. The molecule has 0 atom stereocenters. The maximum atomic E-state index is 8.85. The van der Waals surface area contributed by atoms with Crippen LogP contribution in [0.2, 0.25) is 0 Å². The van der Waals surface area contributed by atoms with E-state index < -0.39 is 0 Å². The Kier molecular flexibility index (Phi) is 1.88. The van der Waals surface area contributed by atoms with Crippen LogP contribution < -0.4 is 0 Å². The summed E-state index contributed by atoms with van der Waals surface area (Å²) in [5.74, 6) is 0. The van der Waals surface area contributed by atoms with E-state index in [-0.39, 0.29) is 0 Å². The Balaban J connectivity index is 2.43. The van der Waals surface area contributed by atoms with Gasteiger partial charge in [0, 0.05) is 0 Å². The summed E-state index contributed by atoms with van der Waals surface area (Å²) >= 11 is 0. The number of fused-ring (bicyclic) bond motifs is 2. The summed E-state index contributed by atoms with van der Waals surface area (Å²) in [5, 5.41) is 13.2. The molecule has 16 heavy (non-hydrogen) atoms. The Morgan fingerprint density at radius 3 is 2.56 bits per heavy atom. The number of rotatable bonds is 0. The van der Waals surface area contributed by atoms with Crippen LogP contribution >= 0.6 is 0 Å². The van der Waals surface area contributed by atoms with Crippen molar-refractivity contribution in [3.63, 3.8) is 0 Å². The van der Waals surface area contributed by atoms with Crippen molar-refractivity contribution in [2.45, 2.75) is 0 Å². The van der Waals surface area contributed by atoms with Gasteiger partial charge in [-0.1, -0.05) is 30.3 Å². The fourth-order valence-electron chi connectivity index (χ4n) is 1.91. The smallest absolute Gasteiger partial charge is 0.0991 e. The quantitative estimate of drug-likeness (QED) is 0.510. The molecule has 0 bridgehead atoms. The summed E-state index contributed by atoms with van der Waals surface area (Å²) in [4.78, 5) is 0. The molecule has 1 nitrogen and oxygen atoms in total. The Morgan fingerprint density at radius 2 is 1.69 bits per heavy atom. The van der Waals surface area contributed by atoms with Gasteiger partial charge in [-0.15, -0.1) is 0 Å². The van der Waals surface area contributed by atoms with Crippen LogP contribution in [-0.4, -0.2) is 0 Å². The van der Waals surface area contributed by atoms with Crippen LogP contribution in [0, 0.1) is 17.4 Å². The average Bonchev–Trinajstić information content (AvgIpc) is 2.35. The second-order valence-corrected chi connectivity index (χ2v) is 3.77. The van der Waals surface area contributed by atoms with Crippen LogP contribution in [0.1, 0.15) is 5.56 Å². The Labute approximate surface area is 93.6 Å². The second kappa shape index (κ2) is 3.36. The lowest BCUT2D eigenvalue weighted by Gasteiger charge is -2.01. The van der Waals surface area contributed by atoms with Gasteiger partial charge in [0.05, 0.1) is 11.6 Å². The molecule has 0 saturated heterocycles.